The number of likely N-dealkylation sites (N-methyl/N-ethyl adjacent to an activating group) is 1. The highest BCUT2D eigenvalue weighted by atomic mass is 16.3. The van der Waals surface area contributed by atoms with Gasteiger partial charge in [-0.15, -0.1) is 0 Å². The third-order valence-electron chi connectivity index (χ3n) is 3.01. The molecule has 3 nitrogen and oxygen atoms in total. The Bertz CT molecular complexity index is 209. The molecule has 0 radical (unpaired) electrons. The fraction of sp³-hybridized carbons (Fsp3) is 0.909. The van der Waals surface area contributed by atoms with Crippen LogP contribution < -0.4 is 0 Å². The molecule has 0 saturated carbocycles. The summed E-state index contributed by atoms with van der Waals surface area (Å²) in [5.41, 5.74) is -0.617. The second kappa shape index (κ2) is 4.41. The van der Waals surface area contributed by atoms with E-state index in [0.29, 0.717) is 6.54 Å². The number of hydrogen-bond donors (Lipinski definition) is 1. The average Bonchev–Trinajstić information content (AvgIpc) is 2.03. The Kier molecular flexibility index (Phi) is 4.28. The maximum Gasteiger partial charge on any atom is 0.136 e. The highest BCUT2D eigenvalue weighted by molar-refractivity contribution is 5.81. The quantitative estimate of drug-likeness (QED) is 0.729. The van der Waals surface area contributed by atoms with Gasteiger partial charge < -0.3 is 5.11 Å². The number of Topliss-reactive ketones (excluding diaryl/α,β-unsaturated/α-hetero) is 1. The van der Waals surface area contributed by atoms with Crippen molar-refractivity contribution in [3.63, 3.8) is 0 Å². The number of nitrogens with zero attached hydrogens (tertiary/aromatic N) is 1. The van der Waals surface area contributed by atoms with Crippen LogP contribution in [-0.2, 0) is 4.79 Å². The van der Waals surface area contributed by atoms with Crippen molar-refractivity contribution in [3.05, 3.63) is 0 Å². The minimum atomic E-state index is -0.346. The lowest BCUT2D eigenvalue weighted by Gasteiger charge is -2.38. The van der Waals surface area contributed by atoms with Gasteiger partial charge in [0.2, 0.25) is 0 Å². The van der Waals surface area contributed by atoms with Crippen LogP contribution in [0.3, 0.4) is 0 Å². The van der Waals surface area contributed by atoms with Crippen LogP contribution in [0, 0.1) is 5.41 Å². The number of carbonyl (C=O) groups is 1. The molecule has 0 atom stereocenters. The predicted molar refractivity (Wildman–Crippen MR) is 58.3 cm³/mol. The molecule has 0 fully saturated rings. The van der Waals surface area contributed by atoms with Crippen molar-refractivity contribution in [2.75, 3.05) is 20.2 Å². The molecule has 0 amide bonds. The average molecular weight is 201 g/mol. The first-order valence-electron chi connectivity index (χ1n) is 4.96. The Morgan fingerprint density at radius 1 is 1.29 bits per heavy atom. The zero-order valence-corrected chi connectivity index (χ0v) is 10.2. The van der Waals surface area contributed by atoms with E-state index in [0.717, 1.165) is 0 Å². The Balaban J connectivity index is 4.46. The lowest BCUT2D eigenvalue weighted by molar-refractivity contribution is -0.126. The predicted octanol–water partition coefficient (Wildman–Crippen LogP) is 1.30. The third-order valence-corrected chi connectivity index (χ3v) is 3.01. The van der Waals surface area contributed by atoms with E-state index >= 15 is 0 Å². The molecule has 0 unspecified atom stereocenters. The van der Waals surface area contributed by atoms with Crippen LogP contribution in [0.2, 0.25) is 0 Å². The van der Waals surface area contributed by atoms with Gasteiger partial charge in [-0.25, -0.2) is 0 Å². The Labute approximate surface area is 87.1 Å². The number of ketones is 1. The largest absolute Gasteiger partial charge is 0.394 e. The molecule has 0 aliphatic carbocycles. The molecule has 0 rings (SSSR count). The van der Waals surface area contributed by atoms with E-state index in [2.05, 4.69) is 0 Å². The number of rotatable bonds is 5. The van der Waals surface area contributed by atoms with Crippen LogP contribution in [0.4, 0.5) is 0 Å². The van der Waals surface area contributed by atoms with Gasteiger partial charge in [-0.05, 0) is 27.8 Å². The second-order valence-corrected chi connectivity index (χ2v) is 5.27. The summed E-state index contributed by atoms with van der Waals surface area (Å²) in [7, 11) is 1.93. The summed E-state index contributed by atoms with van der Waals surface area (Å²) < 4.78 is 0. The summed E-state index contributed by atoms with van der Waals surface area (Å²) in [4.78, 5) is 13.3. The molecule has 3 heteroatoms. The molecule has 0 spiro atoms. The highest BCUT2D eigenvalue weighted by Crippen LogP contribution is 2.22. The van der Waals surface area contributed by atoms with Gasteiger partial charge in [0.05, 0.1) is 6.61 Å². The minimum absolute atomic E-state index is 0.0947. The van der Waals surface area contributed by atoms with E-state index in [-0.39, 0.29) is 23.3 Å². The fourth-order valence-corrected chi connectivity index (χ4v) is 1.04. The molecular weight excluding hydrogens is 178 g/mol. The number of hydrogen-bond acceptors (Lipinski definition) is 3. The summed E-state index contributed by atoms with van der Waals surface area (Å²) in [5, 5.41) is 9.17. The van der Waals surface area contributed by atoms with Crippen molar-refractivity contribution in [3.8, 4) is 0 Å². The molecule has 0 saturated heterocycles. The molecule has 84 valence electrons. The number of carbonyl (C=O) groups excluding carboxylic acids is 1. The van der Waals surface area contributed by atoms with Crippen LogP contribution in [0.25, 0.3) is 0 Å². The standard InChI is InChI=1S/C11H23NO2/c1-9(14)10(2,3)7-12(6)11(4,5)8-13/h13H,7-8H2,1-6H3. The third kappa shape index (κ3) is 3.39. The highest BCUT2D eigenvalue weighted by Gasteiger charge is 2.31. The summed E-state index contributed by atoms with van der Waals surface area (Å²) in [5.74, 6) is 0.179. The van der Waals surface area contributed by atoms with Crippen molar-refractivity contribution >= 4 is 5.78 Å². The van der Waals surface area contributed by atoms with Gasteiger partial charge in [-0.2, -0.15) is 0 Å². The zero-order chi connectivity index (χ0) is 11.6. The van der Waals surface area contributed by atoms with E-state index in [1.54, 1.807) is 6.92 Å². The SMILES string of the molecule is CC(=O)C(C)(C)CN(C)C(C)(C)CO. The van der Waals surface area contributed by atoms with E-state index < -0.39 is 0 Å². The maximum absolute atomic E-state index is 11.3. The van der Waals surface area contributed by atoms with Crippen molar-refractivity contribution in [2.24, 2.45) is 5.41 Å². The molecule has 0 aromatic carbocycles. The molecule has 0 aliphatic heterocycles. The zero-order valence-electron chi connectivity index (χ0n) is 10.2. The van der Waals surface area contributed by atoms with Crippen LogP contribution in [0.5, 0.6) is 0 Å². The van der Waals surface area contributed by atoms with Crippen LogP contribution in [0.15, 0.2) is 0 Å². The van der Waals surface area contributed by atoms with E-state index in [9.17, 15) is 9.90 Å². The fourth-order valence-electron chi connectivity index (χ4n) is 1.04. The Hall–Kier alpha value is -0.410. The van der Waals surface area contributed by atoms with Gasteiger partial charge in [-0.1, -0.05) is 13.8 Å². The Morgan fingerprint density at radius 3 is 2.00 bits per heavy atom. The van der Waals surface area contributed by atoms with Gasteiger partial charge in [0.1, 0.15) is 5.78 Å². The molecule has 0 aromatic heterocycles. The summed E-state index contributed by atoms with van der Waals surface area (Å²) in [6.07, 6.45) is 0. The van der Waals surface area contributed by atoms with Gasteiger partial charge in [0.15, 0.2) is 0 Å². The van der Waals surface area contributed by atoms with Gasteiger partial charge >= 0.3 is 0 Å². The van der Waals surface area contributed by atoms with Crippen LogP contribution in [-0.4, -0.2) is 41.5 Å². The smallest absolute Gasteiger partial charge is 0.136 e. The van der Waals surface area contributed by atoms with E-state index in [1.165, 1.54) is 0 Å². The molecule has 0 aliphatic rings. The van der Waals surface area contributed by atoms with Crippen LogP contribution >= 0.6 is 0 Å². The molecule has 14 heavy (non-hydrogen) atoms. The molecule has 0 aromatic rings. The summed E-state index contributed by atoms with van der Waals surface area (Å²) in [6, 6.07) is 0. The lowest BCUT2D eigenvalue weighted by atomic mass is 9.87. The maximum atomic E-state index is 11.3. The second-order valence-electron chi connectivity index (χ2n) is 5.27. The van der Waals surface area contributed by atoms with Crippen molar-refractivity contribution in [1.82, 2.24) is 4.90 Å². The first kappa shape index (κ1) is 13.6. The van der Waals surface area contributed by atoms with E-state index in [1.807, 2.05) is 39.6 Å². The minimum Gasteiger partial charge on any atom is -0.394 e. The topological polar surface area (TPSA) is 40.5 Å². The normalized spacial score (nSPS) is 13.4. The molecule has 0 heterocycles. The van der Waals surface area contributed by atoms with Crippen molar-refractivity contribution in [2.45, 2.75) is 40.2 Å². The number of aliphatic hydroxyl groups is 1. The van der Waals surface area contributed by atoms with Gasteiger partial charge in [0.25, 0.3) is 0 Å². The number of aliphatic hydroxyl groups excluding tert-OH is 1. The first-order valence-corrected chi connectivity index (χ1v) is 4.96. The summed E-state index contributed by atoms with van der Waals surface area (Å²) in [6.45, 7) is 10.2. The lowest BCUT2D eigenvalue weighted by Crippen LogP contribution is -2.49. The first-order chi connectivity index (χ1) is 6.13. The monoisotopic (exact) mass is 201 g/mol. The van der Waals surface area contributed by atoms with Crippen molar-refractivity contribution in [1.29, 1.82) is 0 Å². The van der Waals surface area contributed by atoms with Gasteiger partial charge in [0, 0.05) is 17.5 Å². The molecule has 0 bridgehead atoms. The van der Waals surface area contributed by atoms with E-state index in [4.69, 9.17) is 0 Å². The van der Waals surface area contributed by atoms with Crippen molar-refractivity contribution < 1.29 is 9.90 Å². The summed E-state index contributed by atoms with van der Waals surface area (Å²) >= 11 is 0. The molecular formula is C11H23NO2. The van der Waals surface area contributed by atoms with Gasteiger partial charge in [-0.3, -0.25) is 9.69 Å². The molecule has 1 N–H and O–H groups in total. The Morgan fingerprint density at radius 2 is 1.71 bits per heavy atom. The van der Waals surface area contributed by atoms with Crippen LogP contribution in [0.1, 0.15) is 34.6 Å².